The molecule has 1 rings (SSSR count). The molecule has 94 valence electrons. The van der Waals surface area contributed by atoms with Crippen molar-refractivity contribution in [3.8, 4) is 0 Å². The Labute approximate surface area is 103 Å². The number of amides is 1. The van der Waals surface area contributed by atoms with Gasteiger partial charge < -0.3 is 11.1 Å². The second kappa shape index (κ2) is 7.07. The summed E-state index contributed by atoms with van der Waals surface area (Å²) in [6, 6.07) is 9.71. The lowest BCUT2D eigenvalue weighted by Gasteiger charge is -2.20. The molecule has 3 nitrogen and oxygen atoms in total. The highest BCUT2D eigenvalue weighted by atomic mass is 16.2. The molecule has 0 fully saturated rings. The molecule has 0 saturated heterocycles. The van der Waals surface area contributed by atoms with Crippen LogP contribution < -0.4 is 11.1 Å². The average molecular weight is 234 g/mol. The van der Waals surface area contributed by atoms with Gasteiger partial charge in [0.05, 0.1) is 12.1 Å². The van der Waals surface area contributed by atoms with Crippen molar-refractivity contribution in [1.29, 1.82) is 0 Å². The molecule has 0 bridgehead atoms. The van der Waals surface area contributed by atoms with Crippen molar-refractivity contribution in [3.05, 3.63) is 35.9 Å². The van der Waals surface area contributed by atoms with Crippen molar-refractivity contribution < 1.29 is 4.79 Å². The second-order valence-electron chi connectivity index (χ2n) is 4.28. The van der Waals surface area contributed by atoms with Gasteiger partial charge in [-0.1, -0.05) is 50.6 Å². The summed E-state index contributed by atoms with van der Waals surface area (Å²) in [7, 11) is 0. The van der Waals surface area contributed by atoms with Crippen molar-refractivity contribution in [1.82, 2.24) is 5.32 Å². The van der Waals surface area contributed by atoms with Crippen LogP contribution in [0.2, 0.25) is 0 Å². The topological polar surface area (TPSA) is 55.1 Å². The average Bonchev–Trinajstić information content (AvgIpc) is 2.38. The summed E-state index contributed by atoms with van der Waals surface area (Å²) >= 11 is 0. The SMILES string of the molecule is CCCC(NC(=O)[C@@H](N)CC)c1ccccc1. The molecular formula is C14H22N2O. The van der Waals surface area contributed by atoms with E-state index in [2.05, 4.69) is 12.2 Å². The quantitative estimate of drug-likeness (QED) is 0.794. The molecule has 1 amide bonds. The van der Waals surface area contributed by atoms with E-state index in [0.717, 1.165) is 18.4 Å². The molecule has 1 unspecified atom stereocenters. The van der Waals surface area contributed by atoms with Crippen molar-refractivity contribution in [2.45, 2.75) is 45.2 Å². The molecule has 3 heteroatoms. The second-order valence-corrected chi connectivity index (χ2v) is 4.28. The zero-order chi connectivity index (χ0) is 12.7. The zero-order valence-corrected chi connectivity index (χ0v) is 10.6. The van der Waals surface area contributed by atoms with Crippen molar-refractivity contribution in [3.63, 3.8) is 0 Å². The minimum atomic E-state index is -0.405. The summed E-state index contributed by atoms with van der Waals surface area (Å²) in [6.07, 6.45) is 2.63. The highest BCUT2D eigenvalue weighted by molar-refractivity contribution is 5.81. The van der Waals surface area contributed by atoms with Crippen LogP contribution in [0.3, 0.4) is 0 Å². The number of hydrogen-bond acceptors (Lipinski definition) is 2. The standard InChI is InChI=1S/C14H22N2O/c1-3-8-13(11-9-6-5-7-10-11)16-14(17)12(15)4-2/h5-7,9-10,12-13H,3-4,8,15H2,1-2H3,(H,16,17)/t12-,13?/m0/s1. The lowest BCUT2D eigenvalue weighted by atomic mass is 10.0. The first-order valence-corrected chi connectivity index (χ1v) is 6.29. The molecule has 17 heavy (non-hydrogen) atoms. The van der Waals surface area contributed by atoms with E-state index in [9.17, 15) is 4.79 Å². The van der Waals surface area contributed by atoms with Gasteiger partial charge in [-0.15, -0.1) is 0 Å². The van der Waals surface area contributed by atoms with E-state index in [4.69, 9.17) is 5.73 Å². The van der Waals surface area contributed by atoms with Gasteiger partial charge in [0.2, 0.25) is 5.91 Å². The first kappa shape index (κ1) is 13.7. The van der Waals surface area contributed by atoms with Gasteiger partial charge in [-0.05, 0) is 18.4 Å². The van der Waals surface area contributed by atoms with E-state index in [1.54, 1.807) is 0 Å². The van der Waals surface area contributed by atoms with Crippen LogP contribution in [0, 0.1) is 0 Å². The fourth-order valence-corrected chi connectivity index (χ4v) is 1.76. The summed E-state index contributed by atoms with van der Waals surface area (Å²) in [6.45, 7) is 4.03. The molecule has 0 aromatic heterocycles. The van der Waals surface area contributed by atoms with Crippen LogP contribution in [0.5, 0.6) is 0 Å². The van der Waals surface area contributed by atoms with Gasteiger partial charge in [0.25, 0.3) is 0 Å². The molecular weight excluding hydrogens is 212 g/mol. The number of carbonyl (C=O) groups excluding carboxylic acids is 1. The maximum Gasteiger partial charge on any atom is 0.237 e. The summed E-state index contributed by atoms with van der Waals surface area (Å²) in [5, 5.41) is 3.02. The number of nitrogens with two attached hydrogens (primary N) is 1. The van der Waals surface area contributed by atoms with Gasteiger partial charge in [0.1, 0.15) is 0 Å². The highest BCUT2D eigenvalue weighted by Gasteiger charge is 2.17. The third-order valence-corrected chi connectivity index (χ3v) is 2.87. The van der Waals surface area contributed by atoms with Gasteiger partial charge in [-0.25, -0.2) is 0 Å². The van der Waals surface area contributed by atoms with Crippen LogP contribution in [0.4, 0.5) is 0 Å². The van der Waals surface area contributed by atoms with Gasteiger partial charge >= 0.3 is 0 Å². The monoisotopic (exact) mass is 234 g/mol. The van der Waals surface area contributed by atoms with Crippen molar-refractivity contribution in [2.24, 2.45) is 5.73 Å². The summed E-state index contributed by atoms with van der Waals surface area (Å²) in [4.78, 5) is 11.8. The van der Waals surface area contributed by atoms with E-state index in [1.807, 2.05) is 37.3 Å². The number of nitrogens with one attached hydrogen (secondary N) is 1. The Morgan fingerprint density at radius 2 is 1.94 bits per heavy atom. The minimum Gasteiger partial charge on any atom is -0.348 e. The first-order chi connectivity index (χ1) is 8.19. The molecule has 0 saturated carbocycles. The first-order valence-electron chi connectivity index (χ1n) is 6.29. The molecule has 0 aliphatic carbocycles. The highest BCUT2D eigenvalue weighted by Crippen LogP contribution is 2.18. The Morgan fingerprint density at radius 3 is 2.47 bits per heavy atom. The number of hydrogen-bond donors (Lipinski definition) is 2. The number of carbonyl (C=O) groups is 1. The predicted molar refractivity (Wildman–Crippen MR) is 70.5 cm³/mol. The fraction of sp³-hybridized carbons (Fsp3) is 0.500. The number of rotatable bonds is 6. The van der Waals surface area contributed by atoms with Crippen LogP contribution in [0.25, 0.3) is 0 Å². The normalized spacial score (nSPS) is 14.1. The molecule has 1 aromatic carbocycles. The predicted octanol–water partition coefficient (Wildman–Crippen LogP) is 2.38. The Bertz CT molecular complexity index is 337. The Hall–Kier alpha value is -1.35. The van der Waals surface area contributed by atoms with E-state index in [0.29, 0.717) is 6.42 Å². The molecule has 3 N–H and O–H groups in total. The van der Waals surface area contributed by atoms with Gasteiger partial charge in [0.15, 0.2) is 0 Å². The van der Waals surface area contributed by atoms with E-state index >= 15 is 0 Å². The Morgan fingerprint density at radius 1 is 1.29 bits per heavy atom. The van der Waals surface area contributed by atoms with E-state index < -0.39 is 6.04 Å². The van der Waals surface area contributed by atoms with Crippen LogP contribution in [0.1, 0.15) is 44.7 Å². The lowest BCUT2D eigenvalue weighted by molar-refractivity contribution is -0.123. The Balaban J connectivity index is 2.70. The third-order valence-electron chi connectivity index (χ3n) is 2.87. The summed E-state index contributed by atoms with van der Waals surface area (Å²) in [5.41, 5.74) is 6.87. The van der Waals surface area contributed by atoms with Crippen molar-refractivity contribution >= 4 is 5.91 Å². The molecule has 0 aliphatic heterocycles. The third kappa shape index (κ3) is 4.19. The Kier molecular flexibility index (Phi) is 5.70. The number of benzene rings is 1. The maximum absolute atomic E-state index is 11.8. The lowest BCUT2D eigenvalue weighted by Crippen LogP contribution is -2.41. The molecule has 0 radical (unpaired) electrons. The molecule has 0 aliphatic rings. The smallest absolute Gasteiger partial charge is 0.237 e. The maximum atomic E-state index is 11.8. The summed E-state index contributed by atoms with van der Waals surface area (Å²) in [5.74, 6) is -0.0604. The molecule has 0 spiro atoms. The van der Waals surface area contributed by atoms with Crippen LogP contribution in [-0.4, -0.2) is 11.9 Å². The van der Waals surface area contributed by atoms with Gasteiger partial charge in [-0.2, -0.15) is 0 Å². The van der Waals surface area contributed by atoms with E-state index in [1.165, 1.54) is 0 Å². The van der Waals surface area contributed by atoms with Crippen LogP contribution in [-0.2, 0) is 4.79 Å². The van der Waals surface area contributed by atoms with Gasteiger partial charge in [-0.3, -0.25) is 4.79 Å². The van der Waals surface area contributed by atoms with Gasteiger partial charge in [0, 0.05) is 0 Å². The fourth-order valence-electron chi connectivity index (χ4n) is 1.76. The van der Waals surface area contributed by atoms with Crippen molar-refractivity contribution in [2.75, 3.05) is 0 Å². The van der Waals surface area contributed by atoms with E-state index in [-0.39, 0.29) is 11.9 Å². The minimum absolute atomic E-state index is 0.0604. The summed E-state index contributed by atoms with van der Waals surface area (Å²) < 4.78 is 0. The molecule has 2 atom stereocenters. The molecule has 1 aromatic rings. The zero-order valence-electron chi connectivity index (χ0n) is 10.6. The van der Waals surface area contributed by atoms with Crippen LogP contribution >= 0.6 is 0 Å². The largest absolute Gasteiger partial charge is 0.348 e. The van der Waals surface area contributed by atoms with Crippen LogP contribution in [0.15, 0.2) is 30.3 Å². The molecule has 0 heterocycles.